The van der Waals surface area contributed by atoms with Crippen LogP contribution in [0.1, 0.15) is 18.4 Å². The van der Waals surface area contributed by atoms with Gasteiger partial charge in [-0.1, -0.05) is 6.07 Å². The molecule has 0 bridgehead atoms. The van der Waals surface area contributed by atoms with Gasteiger partial charge in [0.15, 0.2) is 11.5 Å². The monoisotopic (exact) mass is 318 g/mol. The third-order valence-electron chi connectivity index (χ3n) is 4.80. The molecule has 2 fully saturated rings. The van der Waals surface area contributed by atoms with Crippen LogP contribution in [0.25, 0.3) is 0 Å². The molecule has 6 heteroatoms. The van der Waals surface area contributed by atoms with Crippen molar-refractivity contribution >= 4 is 6.09 Å². The normalized spacial score (nSPS) is 22.3. The van der Waals surface area contributed by atoms with Crippen molar-refractivity contribution < 1.29 is 19.0 Å². The van der Waals surface area contributed by atoms with Crippen molar-refractivity contribution in [2.75, 3.05) is 39.5 Å². The topological polar surface area (TPSA) is 51.2 Å². The highest BCUT2D eigenvalue weighted by Gasteiger charge is 2.32. The average molecular weight is 318 g/mol. The SMILES string of the molecule is O=C1OCCN1C1CCN(Cc2ccc3c(c2)OCCO3)CC1. The molecule has 2 saturated heterocycles. The Hall–Kier alpha value is -1.95. The summed E-state index contributed by atoms with van der Waals surface area (Å²) in [4.78, 5) is 16.0. The van der Waals surface area contributed by atoms with E-state index in [9.17, 15) is 4.79 Å². The van der Waals surface area contributed by atoms with E-state index >= 15 is 0 Å². The molecule has 0 aromatic heterocycles. The predicted octanol–water partition coefficient (Wildman–Crippen LogP) is 1.87. The van der Waals surface area contributed by atoms with Gasteiger partial charge in [-0.05, 0) is 30.5 Å². The van der Waals surface area contributed by atoms with Crippen molar-refractivity contribution in [1.82, 2.24) is 9.80 Å². The summed E-state index contributed by atoms with van der Waals surface area (Å²) in [6, 6.07) is 6.52. The molecule has 1 aromatic rings. The van der Waals surface area contributed by atoms with Gasteiger partial charge in [-0.2, -0.15) is 0 Å². The molecule has 23 heavy (non-hydrogen) atoms. The van der Waals surface area contributed by atoms with Gasteiger partial charge in [0.05, 0.1) is 6.54 Å². The number of cyclic esters (lactones) is 1. The molecule has 0 aliphatic carbocycles. The molecule has 1 amide bonds. The van der Waals surface area contributed by atoms with Crippen LogP contribution >= 0.6 is 0 Å². The van der Waals surface area contributed by atoms with E-state index in [1.807, 2.05) is 11.0 Å². The van der Waals surface area contributed by atoms with Crippen LogP contribution in [-0.2, 0) is 11.3 Å². The van der Waals surface area contributed by atoms with Gasteiger partial charge < -0.3 is 19.1 Å². The van der Waals surface area contributed by atoms with E-state index in [1.54, 1.807) is 0 Å². The fourth-order valence-electron chi connectivity index (χ4n) is 3.57. The number of rotatable bonds is 3. The Bertz CT molecular complexity index is 584. The van der Waals surface area contributed by atoms with Gasteiger partial charge in [0.25, 0.3) is 0 Å². The van der Waals surface area contributed by atoms with E-state index < -0.39 is 0 Å². The Kier molecular flexibility index (Phi) is 3.99. The van der Waals surface area contributed by atoms with Crippen LogP contribution < -0.4 is 9.47 Å². The highest BCUT2D eigenvalue weighted by atomic mass is 16.6. The van der Waals surface area contributed by atoms with Crippen molar-refractivity contribution in [1.29, 1.82) is 0 Å². The first-order valence-corrected chi connectivity index (χ1v) is 8.34. The second kappa shape index (κ2) is 6.28. The number of amides is 1. The van der Waals surface area contributed by atoms with Crippen molar-refractivity contribution in [2.45, 2.75) is 25.4 Å². The lowest BCUT2D eigenvalue weighted by Gasteiger charge is -2.35. The van der Waals surface area contributed by atoms with Gasteiger partial charge in [-0.15, -0.1) is 0 Å². The van der Waals surface area contributed by atoms with E-state index in [4.69, 9.17) is 14.2 Å². The molecule has 0 radical (unpaired) electrons. The molecular weight excluding hydrogens is 296 g/mol. The minimum absolute atomic E-state index is 0.143. The number of piperidine rings is 1. The van der Waals surface area contributed by atoms with E-state index in [1.165, 1.54) is 5.56 Å². The van der Waals surface area contributed by atoms with Crippen LogP contribution in [0.2, 0.25) is 0 Å². The lowest BCUT2D eigenvalue weighted by molar-refractivity contribution is 0.115. The molecule has 1 aromatic carbocycles. The maximum absolute atomic E-state index is 11.6. The Balaban J connectivity index is 1.33. The number of likely N-dealkylation sites (tertiary alicyclic amines) is 1. The molecule has 6 nitrogen and oxygen atoms in total. The van der Waals surface area contributed by atoms with Crippen molar-refractivity contribution in [3.05, 3.63) is 23.8 Å². The quantitative estimate of drug-likeness (QED) is 0.852. The molecule has 0 atom stereocenters. The predicted molar refractivity (Wildman–Crippen MR) is 83.8 cm³/mol. The second-order valence-corrected chi connectivity index (χ2v) is 6.29. The zero-order chi connectivity index (χ0) is 15.6. The molecule has 3 aliphatic heterocycles. The third-order valence-corrected chi connectivity index (χ3v) is 4.80. The number of ether oxygens (including phenoxy) is 3. The minimum atomic E-state index is -0.143. The number of fused-ring (bicyclic) bond motifs is 1. The number of nitrogens with zero attached hydrogens (tertiary/aromatic N) is 2. The molecule has 0 spiro atoms. The highest BCUT2D eigenvalue weighted by molar-refractivity contribution is 5.69. The second-order valence-electron chi connectivity index (χ2n) is 6.29. The maximum Gasteiger partial charge on any atom is 0.410 e. The van der Waals surface area contributed by atoms with Crippen LogP contribution in [0.4, 0.5) is 4.79 Å². The Morgan fingerprint density at radius 1 is 0.957 bits per heavy atom. The molecule has 0 N–H and O–H groups in total. The standard InChI is InChI=1S/C17H22N2O4/c20-17-19(7-8-23-17)14-3-5-18(6-4-14)12-13-1-2-15-16(11-13)22-10-9-21-15/h1-2,11,14H,3-10,12H2. The van der Waals surface area contributed by atoms with Crippen LogP contribution in [0.3, 0.4) is 0 Å². The van der Waals surface area contributed by atoms with E-state index in [2.05, 4.69) is 17.0 Å². The van der Waals surface area contributed by atoms with Crippen molar-refractivity contribution in [3.8, 4) is 11.5 Å². The van der Waals surface area contributed by atoms with Gasteiger partial charge in [0.2, 0.25) is 0 Å². The minimum Gasteiger partial charge on any atom is -0.486 e. The number of hydrogen-bond acceptors (Lipinski definition) is 5. The van der Waals surface area contributed by atoms with Crippen LogP contribution in [0, 0.1) is 0 Å². The van der Waals surface area contributed by atoms with Gasteiger partial charge in [0, 0.05) is 25.7 Å². The summed E-state index contributed by atoms with van der Waals surface area (Å²) in [5.41, 5.74) is 1.24. The summed E-state index contributed by atoms with van der Waals surface area (Å²) in [7, 11) is 0. The fraction of sp³-hybridized carbons (Fsp3) is 0.588. The first-order chi connectivity index (χ1) is 11.3. The molecule has 0 saturated carbocycles. The van der Waals surface area contributed by atoms with E-state index in [0.29, 0.717) is 25.9 Å². The summed E-state index contributed by atoms with van der Waals surface area (Å²) in [5, 5.41) is 0. The van der Waals surface area contributed by atoms with Crippen molar-refractivity contribution in [3.63, 3.8) is 0 Å². The number of carbonyl (C=O) groups is 1. The first kappa shape index (κ1) is 14.6. The number of benzene rings is 1. The van der Waals surface area contributed by atoms with Gasteiger partial charge in [-0.25, -0.2) is 4.79 Å². The van der Waals surface area contributed by atoms with Crippen molar-refractivity contribution in [2.24, 2.45) is 0 Å². The average Bonchev–Trinajstić information content (AvgIpc) is 3.02. The number of carbonyl (C=O) groups excluding carboxylic acids is 1. The van der Waals surface area contributed by atoms with Gasteiger partial charge in [0.1, 0.15) is 19.8 Å². The molecule has 3 aliphatic rings. The fourth-order valence-corrected chi connectivity index (χ4v) is 3.57. The summed E-state index contributed by atoms with van der Waals surface area (Å²) < 4.78 is 16.3. The zero-order valence-corrected chi connectivity index (χ0v) is 13.2. The lowest BCUT2D eigenvalue weighted by Crippen LogP contribution is -2.45. The highest BCUT2D eigenvalue weighted by Crippen LogP contribution is 2.31. The largest absolute Gasteiger partial charge is 0.486 e. The third kappa shape index (κ3) is 3.08. The lowest BCUT2D eigenvalue weighted by atomic mass is 10.0. The van der Waals surface area contributed by atoms with Gasteiger partial charge in [-0.3, -0.25) is 4.90 Å². The Morgan fingerprint density at radius 2 is 1.74 bits per heavy atom. The number of hydrogen-bond donors (Lipinski definition) is 0. The molecular formula is C17H22N2O4. The summed E-state index contributed by atoms with van der Waals surface area (Å²) >= 11 is 0. The van der Waals surface area contributed by atoms with E-state index in [0.717, 1.165) is 50.5 Å². The zero-order valence-electron chi connectivity index (χ0n) is 13.2. The Morgan fingerprint density at radius 3 is 2.48 bits per heavy atom. The molecule has 3 heterocycles. The van der Waals surface area contributed by atoms with Gasteiger partial charge >= 0.3 is 6.09 Å². The maximum atomic E-state index is 11.6. The molecule has 0 unspecified atom stereocenters. The summed E-state index contributed by atoms with van der Waals surface area (Å²) in [6.45, 7) is 5.44. The Labute approximate surface area is 135 Å². The summed E-state index contributed by atoms with van der Waals surface area (Å²) in [5.74, 6) is 1.69. The summed E-state index contributed by atoms with van der Waals surface area (Å²) in [6.07, 6.45) is 1.88. The smallest absolute Gasteiger partial charge is 0.410 e. The van der Waals surface area contributed by atoms with Crippen LogP contribution in [0.5, 0.6) is 11.5 Å². The molecule has 4 rings (SSSR count). The molecule has 124 valence electrons. The van der Waals surface area contributed by atoms with E-state index in [-0.39, 0.29) is 6.09 Å². The van der Waals surface area contributed by atoms with Crippen LogP contribution in [-0.4, -0.2) is 61.4 Å². The van der Waals surface area contributed by atoms with Crippen LogP contribution in [0.15, 0.2) is 18.2 Å². The first-order valence-electron chi connectivity index (χ1n) is 8.34.